The van der Waals surface area contributed by atoms with Crippen molar-refractivity contribution in [1.29, 1.82) is 0 Å². The molecule has 1 aliphatic carbocycles. The van der Waals surface area contributed by atoms with Crippen molar-refractivity contribution in [2.24, 2.45) is 0 Å². The van der Waals surface area contributed by atoms with Crippen LogP contribution in [0.1, 0.15) is 11.1 Å². The van der Waals surface area contributed by atoms with Crippen LogP contribution < -0.4 is 68.9 Å². The molecule has 2 rings (SSSR count). The number of hydrogen-bond donors (Lipinski definition) is 0. The van der Waals surface area contributed by atoms with Gasteiger partial charge in [-0.15, -0.1) is 41.8 Å². The van der Waals surface area contributed by atoms with E-state index in [-0.39, 0.29) is 68.9 Å². The van der Waals surface area contributed by atoms with E-state index in [9.17, 15) is 0 Å². The van der Waals surface area contributed by atoms with Gasteiger partial charge < -0.3 is 0 Å². The van der Waals surface area contributed by atoms with Gasteiger partial charge in [0, 0.05) is 0 Å². The number of hydrogen-bond acceptors (Lipinski definition) is 0. The van der Waals surface area contributed by atoms with Crippen molar-refractivity contribution in [2.45, 2.75) is 6.42 Å². The molecule has 0 N–H and O–H groups in total. The van der Waals surface area contributed by atoms with Crippen LogP contribution >= 0.6 is 0 Å². The SMILES string of the molecule is C1=CCc2ccccc2[CH-]1.[Cs+]. The predicted octanol–water partition coefficient (Wildman–Crippen LogP) is -0.645. The number of benzene rings is 1. The molecule has 0 aromatic heterocycles. The Morgan fingerprint density at radius 1 is 1.18 bits per heavy atom. The Hall–Kier alpha value is 0.882. The second kappa shape index (κ2) is 4.80. The van der Waals surface area contributed by atoms with Crippen molar-refractivity contribution in [3.8, 4) is 0 Å². The van der Waals surface area contributed by atoms with E-state index in [2.05, 4.69) is 42.8 Å². The van der Waals surface area contributed by atoms with Gasteiger partial charge in [0.25, 0.3) is 0 Å². The number of allylic oxidation sites excluding steroid dienone is 2. The Bertz CT molecular complexity index is 236. The zero-order valence-corrected chi connectivity index (χ0v) is 13.0. The van der Waals surface area contributed by atoms with Gasteiger partial charge in [0.05, 0.1) is 0 Å². The summed E-state index contributed by atoms with van der Waals surface area (Å²) in [6.07, 6.45) is 7.54. The minimum absolute atomic E-state index is 0. The van der Waals surface area contributed by atoms with Crippen LogP contribution in [0, 0.1) is 6.42 Å². The Kier molecular flexibility index (Phi) is 4.35. The molecule has 0 saturated heterocycles. The van der Waals surface area contributed by atoms with Crippen LogP contribution in [-0.2, 0) is 6.42 Å². The summed E-state index contributed by atoms with van der Waals surface area (Å²) in [4.78, 5) is 0. The van der Waals surface area contributed by atoms with Gasteiger partial charge >= 0.3 is 68.9 Å². The van der Waals surface area contributed by atoms with E-state index >= 15 is 0 Å². The van der Waals surface area contributed by atoms with Crippen LogP contribution in [-0.4, -0.2) is 0 Å². The quantitative estimate of drug-likeness (QED) is 0.545. The van der Waals surface area contributed by atoms with E-state index in [1.54, 1.807) is 0 Å². The average Bonchev–Trinajstić information content (AvgIpc) is 2.05. The molecule has 0 amide bonds. The predicted molar refractivity (Wildman–Crippen MR) is 42.7 cm³/mol. The van der Waals surface area contributed by atoms with Crippen LogP contribution in [0.15, 0.2) is 36.4 Å². The maximum atomic E-state index is 2.18. The number of rotatable bonds is 0. The summed E-state index contributed by atoms with van der Waals surface area (Å²) in [5, 5.41) is 0. The third kappa shape index (κ3) is 2.41. The van der Waals surface area contributed by atoms with E-state index in [0.29, 0.717) is 0 Å². The first-order valence-corrected chi connectivity index (χ1v) is 3.54. The molecule has 0 aliphatic heterocycles. The molecule has 1 heteroatoms. The van der Waals surface area contributed by atoms with Gasteiger partial charge in [0.2, 0.25) is 0 Å². The van der Waals surface area contributed by atoms with E-state index in [1.807, 2.05) is 0 Å². The fraction of sp³-hybridized carbons (Fsp3) is 0.100. The van der Waals surface area contributed by atoms with Gasteiger partial charge in [-0.25, -0.2) is 0 Å². The van der Waals surface area contributed by atoms with E-state index < -0.39 is 0 Å². The van der Waals surface area contributed by atoms with Crippen molar-refractivity contribution >= 4 is 0 Å². The molecule has 50 valence electrons. The largest absolute Gasteiger partial charge is 1.00 e. The summed E-state index contributed by atoms with van der Waals surface area (Å²) >= 11 is 0. The Morgan fingerprint density at radius 2 is 2.00 bits per heavy atom. The molecule has 0 atom stereocenters. The summed E-state index contributed by atoms with van der Waals surface area (Å²) in [5.41, 5.74) is 2.80. The zero-order valence-electron chi connectivity index (χ0n) is 6.75. The molecule has 0 bridgehead atoms. The average molecular weight is 262 g/mol. The molecule has 0 heterocycles. The van der Waals surface area contributed by atoms with E-state index in [4.69, 9.17) is 0 Å². The van der Waals surface area contributed by atoms with Crippen LogP contribution in [0.4, 0.5) is 0 Å². The molecule has 0 fully saturated rings. The Morgan fingerprint density at radius 3 is 2.82 bits per heavy atom. The minimum atomic E-state index is 0. The molecule has 0 unspecified atom stereocenters. The summed E-state index contributed by atoms with van der Waals surface area (Å²) in [6, 6.07) is 8.49. The van der Waals surface area contributed by atoms with Crippen molar-refractivity contribution in [1.82, 2.24) is 0 Å². The van der Waals surface area contributed by atoms with Gasteiger partial charge in [0.1, 0.15) is 0 Å². The molecule has 0 radical (unpaired) electrons. The van der Waals surface area contributed by atoms with Crippen LogP contribution in [0.25, 0.3) is 0 Å². The molecule has 0 nitrogen and oxygen atoms in total. The topological polar surface area (TPSA) is 0 Å². The Balaban J connectivity index is 0.000000605. The first-order valence-electron chi connectivity index (χ1n) is 3.54. The summed E-state index contributed by atoms with van der Waals surface area (Å²) in [7, 11) is 0. The van der Waals surface area contributed by atoms with Gasteiger partial charge in [-0.2, -0.15) is 6.08 Å². The van der Waals surface area contributed by atoms with Gasteiger partial charge in [-0.3, -0.25) is 0 Å². The van der Waals surface area contributed by atoms with Gasteiger partial charge in [-0.05, 0) is 0 Å². The van der Waals surface area contributed by atoms with E-state index in [1.165, 1.54) is 11.1 Å². The van der Waals surface area contributed by atoms with Crippen LogP contribution in [0.2, 0.25) is 0 Å². The first-order chi connectivity index (χ1) is 4.97. The van der Waals surface area contributed by atoms with Gasteiger partial charge in [0.15, 0.2) is 0 Å². The maximum absolute atomic E-state index is 2.18. The zero-order chi connectivity index (χ0) is 6.81. The molecule has 11 heavy (non-hydrogen) atoms. The molecular weight excluding hydrogens is 253 g/mol. The third-order valence-corrected chi connectivity index (χ3v) is 1.80. The second-order valence-electron chi connectivity index (χ2n) is 2.50. The van der Waals surface area contributed by atoms with Crippen molar-refractivity contribution in [3.63, 3.8) is 0 Å². The fourth-order valence-corrected chi connectivity index (χ4v) is 1.25. The standard InChI is InChI=1S/C10H9.Cs/c1-2-6-10-8-4-3-7-9(10)5-1;/h1-7H,8H2;/q-1;+1. The summed E-state index contributed by atoms with van der Waals surface area (Å²) in [6.45, 7) is 0. The van der Waals surface area contributed by atoms with Crippen molar-refractivity contribution < 1.29 is 68.9 Å². The third-order valence-electron chi connectivity index (χ3n) is 1.80. The molecule has 1 aromatic carbocycles. The minimum Gasteiger partial charge on any atom is -0.159 e. The van der Waals surface area contributed by atoms with Crippen LogP contribution in [0.3, 0.4) is 0 Å². The molecule has 0 saturated carbocycles. The van der Waals surface area contributed by atoms with Gasteiger partial charge in [-0.1, -0.05) is 12.5 Å². The normalized spacial score (nSPS) is 12.7. The van der Waals surface area contributed by atoms with Crippen molar-refractivity contribution in [3.05, 3.63) is 54.0 Å². The molecule has 0 spiro atoms. The van der Waals surface area contributed by atoms with Crippen LogP contribution in [0.5, 0.6) is 0 Å². The molecule has 1 aromatic rings. The van der Waals surface area contributed by atoms with E-state index in [0.717, 1.165) is 6.42 Å². The number of fused-ring (bicyclic) bond motifs is 1. The molecular formula is C10H9Cs. The summed E-state index contributed by atoms with van der Waals surface area (Å²) < 4.78 is 0. The second-order valence-corrected chi connectivity index (χ2v) is 2.50. The molecule has 1 aliphatic rings. The Labute approximate surface area is 127 Å². The smallest absolute Gasteiger partial charge is 0.159 e. The van der Waals surface area contributed by atoms with Crippen molar-refractivity contribution in [2.75, 3.05) is 0 Å². The fourth-order valence-electron chi connectivity index (χ4n) is 1.25. The first kappa shape index (κ1) is 9.97. The maximum Gasteiger partial charge on any atom is 1.00 e. The monoisotopic (exact) mass is 262 g/mol. The summed E-state index contributed by atoms with van der Waals surface area (Å²) in [5.74, 6) is 0.